The summed E-state index contributed by atoms with van der Waals surface area (Å²) in [5.74, 6) is -0.0800. The van der Waals surface area contributed by atoms with Gasteiger partial charge in [0.1, 0.15) is 11.5 Å². The highest BCUT2D eigenvalue weighted by Gasteiger charge is 2.09. The number of nitro groups is 1. The first-order valence-corrected chi connectivity index (χ1v) is 9.19. The molecule has 0 heterocycles. The maximum atomic E-state index is 12.1. The average molecular weight is 401 g/mol. The molecule has 0 radical (unpaired) electrons. The summed E-state index contributed by atoms with van der Waals surface area (Å²) < 4.78 is 10.8. The number of amides is 2. The van der Waals surface area contributed by atoms with E-state index in [0.29, 0.717) is 23.7 Å². The monoisotopic (exact) mass is 401 g/mol. The van der Waals surface area contributed by atoms with Gasteiger partial charge in [-0.2, -0.15) is 0 Å². The van der Waals surface area contributed by atoms with Gasteiger partial charge in [0.2, 0.25) is 0 Å². The van der Waals surface area contributed by atoms with E-state index in [1.54, 1.807) is 24.3 Å². The van der Waals surface area contributed by atoms with Crippen LogP contribution in [0.5, 0.6) is 11.5 Å². The number of rotatable bonds is 10. The number of ether oxygens (including phenoxy) is 2. The maximum absolute atomic E-state index is 12.1. The first kappa shape index (κ1) is 21.7. The van der Waals surface area contributed by atoms with Gasteiger partial charge in [0.15, 0.2) is 6.61 Å². The lowest BCUT2D eigenvalue weighted by Crippen LogP contribution is -2.43. The summed E-state index contributed by atoms with van der Waals surface area (Å²) in [6.07, 6.45) is 3.20. The molecule has 2 N–H and O–H groups in total. The van der Waals surface area contributed by atoms with Crippen LogP contribution in [0.3, 0.4) is 0 Å². The minimum absolute atomic E-state index is 0.0774. The van der Waals surface area contributed by atoms with Crippen molar-refractivity contribution in [2.45, 2.75) is 26.2 Å². The number of nitro benzene ring substituents is 1. The summed E-state index contributed by atoms with van der Waals surface area (Å²) in [5.41, 5.74) is 4.82. The first-order chi connectivity index (χ1) is 14.0. The average Bonchev–Trinajstić information content (AvgIpc) is 2.74. The van der Waals surface area contributed by atoms with Gasteiger partial charge < -0.3 is 9.47 Å². The minimum Gasteiger partial charge on any atom is -0.494 e. The Balaban J connectivity index is 1.72. The summed E-state index contributed by atoms with van der Waals surface area (Å²) in [5, 5.41) is 10.6. The highest BCUT2D eigenvalue weighted by molar-refractivity contribution is 5.95. The zero-order valence-corrected chi connectivity index (χ0v) is 16.1. The fourth-order valence-corrected chi connectivity index (χ4v) is 2.29. The quantitative estimate of drug-likeness (QED) is 0.359. The normalized spacial score (nSPS) is 10.1. The molecule has 2 rings (SSSR count). The van der Waals surface area contributed by atoms with Gasteiger partial charge >= 0.3 is 0 Å². The second kappa shape index (κ2) is 11.3. The van der Waals surface area contributed by atoms with E-state index in [4.69, 9.17) is 9.47 Å². The molecule has 154 valence electrons. The standard InChI is InChI=1S/C20H23N3O6/c1-2-3-4-13-28-17-9-5-15(6-10-17)20(25)22-21-19(24)14-29-18-11-7-16(8-12-18)23(26)27/h5-12H,2-4,13-14H2,1H3,(H,21,24)(H,22,25). The Hall–Kier alpha value is -3.62. The highest BCUT2D eigenvalue weighted by atomic mass is 16.6. The molecule has 0 unspecified atom stereocenters. The maximum Gasteiger partial charge on any atom is 0.276 e. The van der Waals surface area contributed by atoms with Gasteiger partial charge in [-0.3, -0.25) is 30.6 Å². The molecule has 0 saturated carbocycles. The smallest absolute Gasteiger partial charge is 0.276 e. The predicted octanol–water partition coefficient (Wildman–Crippen LogP) is 3.00. The molecule has 2 amide bonds. The lowest BCUT2D eigenvalue weighted by Gasteiger charge is -2.09. The molecule has 0 saturated heterocycles. The number of carbonyl (C=O) groups is 2. The molecule has 9 nitrogen and oxygen atoms in total. The molecule has 0 aromatic heterocycles. The number of nitrogens with zero attached hydrogens (tertiary/aromatic N) is 1. The van der Waals surface area contributed by atoms with E-state index in [1.807, 2.05) is 0 Å². The van der Waals surface area contributed by atoms with Gasteiger partial charge in [-0.15, -0.1) is 0 Å². The summed E-state index contributed by atoms with van der Waals surface area (Å²) in [6.45, 7) is 2.39. The Bertz CT molecular complexity index is 821. The van der Waals surface area contributed by atoms with Crippen LogP contribution in [0.25, 0.3) is 0 Å². The molecule has 0 fully saturated rings. The Morgan fingerprint density at radius 1 is 0.931 bits per heavy atom. The van der Waals surface area contributed by atoms with E-state index in [1.165, 1.54) is 24.3 Å². The van der Waals surface area contributed by atoms with Crippen LogP contribution < -0.4 is 20.3 Å². The van der Waals surface area contributed by atoms with Crippen molar-refractivity contribution in [1.82, 2.24) is 10.9 Å². The molecular formula is C20H23N3O6. The topological polar surface area (TPSA) is 120 Å². The van der Waals surface area contributed by atoms with Crippen LogP contribution >= 0.6 is 0 Å². The van der Waals surface area contributed by atoms with Crippen molar-refractivity contribution in [2.24, 2.45) is 0 Å². The summed E-state index contributed by atoms with van der Waals surface area (Å²) in [4.78, 5) is 33.9. The fraction of sp³-hybridized carbons (Fsp3) is 0.300. The minimum atomic E-state index is -0.576. The molecule has 0 aliphatic carbocycles. The SMILES string of the molecule is CCCCCOc1ccc(C(=O)NNC(=O)COc2ccc([N+](=O)[O-])cc2)cc1. The van der Waals surface area contributed by atoms with Crippen molar-refractivity contribution in [3.8, 4) is 11.5 Å². The van der Waals surface area contributed by atoms with Gasteiger partial charge in [-0.05, 0) is 42.8 Å². The highest BCUT2D eigenvalue weighted by Crippen LogP contribution is 2.17. The largest absolute Gasteiger partial charge is 0.494 e. The molecule has 9 heteroatoms. The van der Waals surface area contributed by atoms with Crippen molar-refractivity contribution in [1.29, 1.82) is 0 Å². The lowest BCUT2D eigenvalue weighted by atomic mass is 10.2. The molecule has 0 spiro atoms. The van der Waals surface area contributed by atoms with E-state index < -0.39 is 16.7 Å². The number of hydrazine groups is 1. The zero-order valence-electron chi connectivity index (χ0n) is 16.1. The van der Waals surface area contributed by atoms with Crippen LogP contribution in [0.4, 0.5) is 5.69 Å². The van der Waals surface area contributed by atoms with Crippen molar-refractivity contribution < 1.29 is 24.0 Å². The van der Waals surface area contributed by atoms with E-state index in [9.17, 15) is 19.7 Å². The number of carbonyl (C=O) groups excluding carboxylic acids is 2. The van der Waals surface area contributed by atoms with E-state index in [-0.39, 0.29) is 12.3 Å². The Morgan fingerprint density at radius 3 is 2.17 bits per heavy atom. The second-order valence-electron chi connectivity index (χ2n) is 6.12. The number of hydrogen-bond donors (Lipinski definition) is 2. The summed E-state index contributed by atoms with van der Waals surface area (Å²) >= 11 is 0. The summed E-state index contributed by atoms with van der Waals surface area (Å²) in [7, 11) is 0. The van der Waals surface area contributed by atoms with E-state index >= 15 is 0 Å². The number of benzene rings is 2. The first-order valence-electron chi connectivity index (χ1n) is 9.19. The predicted molar refractivity (Wildman–Crippen MR) is 106 cm³/mol. The third-order valence-electron chi connectivity index (χ3n) is 3.87. The van der Waals surface area contributed by atoms with E-state index in [0.717, 1.165) is 19.3 Å². The van der Waals surface area contributed by atoms with Crippen molar-refractivity contribution in [3.63, 3.8) is 0 Å². The number of hydrogen-bond acceptors (Lipinski definition) is 6. The Labute approximate surface area is 168 Å². The third-order valence-corrected chi connectivity index (χ3v) is 3.87. The Morgan fingerprint density at radius 2 is 1.55 bits per heavy atom. The van der Waals surface area contributed by atoms with Crippen LogP contribution in [0, 0.1) is 10.1 Å². The summed E-state index contributed by atoms with van der Waals surface area (Å²) in [6, 6.07) is 11.9. The molecule has 0 aliphatic heterocycles. The van der Waals surface area contributed by atoms with Crippen LogP contribution in [0.15, 0.2) is 48.5 Å². The molecule has 0 bridgehead atoms. The number of unbranched alkanes of at least 4 members (excludes halogenated alkanes) is 2. The molecule has 29 heavy (non-hydrogen) atoms. The molecule has 0 atom stereocenters. The van der Waals surface area contributed by atoms with Gasteiger partial charge in [0.05, 0.1) is 11.5 Å². The van der Waals surface area contributed by atoms with Gasteiger partial charge in [-0.1, -0.05) is 19.8 Å². The van der Waals surface area contributed by atoms with Crippen molar-refractivity contribution >= 4 is 17.5 Å². The molecule has 0 aliphatic rings. The fourth-order valence-electron chi connectivity index (χ4n) is 2.29. The molecule has 2 aromatic carbocycles. The Kier molecular flexibility index (Phi) is 8.43. The van der Waals surface area contributed by atoms with Crippen molar-refractivity contribution in [3.05, 3.63) is 64.2 Å². The van der Waals surface area contributed by atoms with Crippen LogP contribution in [0.2, 0.25) is 0 Å². The second-order valence-corrected chi connectivity index (χ2v) is 6.12. The van der Waals surface area contributed by atoms with Gasteiger partial charge in [-0.25, -0.2) is 0 Å². The molecule has 2 aromatic rings. The van der Waals surface area contributed by atoms with Gasteiger partial charge in [0, 0.05) is 17.7 Å². The number of non-ortho nitro benzene ring substituents is 1. The van der Waals surface area contributed by atoms with Crippen LogP contribution in [-0.4, -0.2) is 30.0 Å². The zero-order chi connectivity index (χ0) is 21.1. The van der Waals surface area contributed by atoms with Crippen LogP contribution in [0.1, 0.15) is 36.5 Å². The van der Waals surface area contributed by atoms with Gasteiger partial charge in [0.25, 0.3) is 17.5 Å². The third kappa shape index (κ3) is 7.49. The lowest BCUT2D eigenvalue weighted by molar-refractivity contribution is -0.384. The van der Waals surface area contributed by atoms with Crippen LogP contribution in [-0.2, 0) is 4.79 Å². The molecular weight excluding hydrogens is 378 g/mol. The van der Waals surface area contributed by atoms with Crippen molar-refractivity contribution in [2.75, 3.05) is 13.2 Å². The number of nitrogens with one attached hydrogen (secondary N) is 2. The van der Waals surface area contributed by atoms with E-state index in [2.05, 4.69) is 17.8 Å².